The highest BCUT2D eigenvalue weighted by Crippen LogP contribution is 2.51. The van der Waals surface area contributed by atoms with Crippen molar-refractivity contribution in [2.75, 3.05) is 0 Å². The van der Waals surface area contributed by atoms with Crippen LogP contribution in [0.5, 0.6) is 0 Å². The van der Waals surface area contributed by atoms with Crippen LogP contribution in [-0.4, -0.2) is 23.7 Å². The molecule has 1 fully saturated rings. The van der Waals surface area contributed by atoms with Gasteiger partial charge in [0.2, 0.25) is 5.91 Å². The Labute approximate surface area is 205 Å². The lowest BCUT2D eigenvalue weighted by Crippen LogP contribution is -2.54. The van der Waals surface area contributed by atoms with Gasteiger partial charge in [-0.2, -0.15) is 23.7 Å². The molecule has 2 aromatic carbocycles. The van der Waals surface area contributed by atoms with Crippen LogP contribution in [0.15, 0.2) is 53.0 Å². The number of benzene rings is 2. The second-order valence-corrected chi connectivity index (χ2v) is 9.78. The lowest BCUT2D eigenvalue weighted by Gasteiger charge is -2.29. The van der Waals surface area contributed by atoms with Crippen LogP contribution >= 0.6 is 15.9 Å². The highest BCUT2D eigenvalue weighted by Gasteiger charge is 2.63. The van der Waals surface area contributed by atoms with Gasteiger partial charge in [0.05, 0.1) is 17.7 Å². The number of carbonyl (C=O) groups is 1. The Hall–Kier alpha value is -2.88. The average molecular weight is 533 g/mol. The molecule has 0 radical (unpaired) electrons. The molecule has 2 aromatic rings. The molecular weight excluding hydrogens is 509 g/mol. The Bertz CT molecular complexity index is 1100. The van der Waals surface area contributed by atoms with Gasteiger partial charge < -0.3 is 5.32 Å². The van der Waals surface area contributed by atoms with E-state index >= 15 is 0 Å². The minimum atomic E-state index is -4.62. The first-order valence-corrected chi connectivity index (χ1v) is 11.6. The Morgan fingerprint density at radius 1 is 1.15 bits per heavy atom. The van der Waals surface area contributed by atoms with Crippen molar-refractivity contribution >= 4 is 21.8 Å². The maximum atomic E-state index is 14.1. The first-order valence-electron chi connectivity index (χ1n) is 10.8. The van der Waals surface area contributed by atoms with Crippen molar-refractivity contribution in [1.82, 2.24) is 10.6 Å². The van der Waals surface area contributed by atoms with E-state index in [1.165, 1.54) is 24.3 Å². The van der Waals surface area contributed by atoms with Gasteiger partial charge in [-0.3, -0.25) is 10.1 Å². The molecule has 3 rings (SSSR count). The normalized spacial score (nSPS) is 21.3. The largest absolute Gasteiger partial charge is 0.407 e. The predicted molar refractivity (Wildman–Crippen MR) is 124 cm³/mol. The van der Waals surface area contributed by atoms with Gasteiger partial charge >= 0.3 is 6.18 Å². The molecule has 0 aromatic heterocycles. The molecule has 2 N–H and O–H groups in total. The monoisotopic (exact) mass is 532 g/mol. The first-order chi connectivity index (χ1) is 16.0. The summed E-state index contributed by atoms with van der Waals surface area (Å²) in [5.74, 6) is -0.948. The van der Waals surface area contributed by atoms with Crippen molar-refractivity contribution < 1.29 is 18.0 Å². The molecule has 0 heterocycles. The summed E-state index contributed by atoms with van der Waals surface area (Å²) < 4.78 is 42.8. The summed E-state index contributed by atoms with van der Waals surface area (Å²) >= 11 is 3.23. The van der Waals surface area contributed by atoms with Crippen LogP contribution in [0, 0.1) is 34.5 Å². The molecule has 1 aliphatic carbocycles. The zero-order valence-electron chi connectivity index (χ0n) is 18.7. The van der Waals surface area contributed by atoms with E-state index in [9.17, 15) is 23.2 Å². The quantitative estimate of drug-likeness (QED) is 0.490. The molecule has 5 nitrogen and oxygen atoms in total. The molecule has 178 valence electrons. The van der Waals surface area contributed by atoms with Gasteiger partial charge in [-0.15, -0.1) is 0 Å². The molecule has 9 heteroatoms. The van der Waals surface area contributed by atoms with Gasteiger partial charge in [-0.1, -0.05) is 54.0 Å². The van der Waals surface area contributed by atoms with E-state index in [2.05, 4.69) is 26.6 Å². The number of rotatable bonds is 8. The molecular formula is C25H24BrF3N4O. The maximum absolute atomic E-state index is 14.1. The zero-order chi connectivity index (χ0) is 25.1. The third-order valence-corrected chi connectivity index (χ3v) is 6.67. The van der Waals surface area contributed by atoms with Gasteiger partial charge in [0.25, 0.3) is 0 Å². The van der Waals surface area contributed by atoms with E-state index in [0.717, 1.165) is 5.56 Å². The number of nitriles is 2. The Kier molecular flexibility index (Phi) is 7.70. The van der Waals surface area contributed by atoms with Gasteiger partial charge in [0.1, 0.15) is 17.6 Å². The predicted octanol–water partition coefficient (Wildman–Crippen LogP) is 5.18. The van der Waals surface area contributed by atoms with Gasteiger partial charge in [0.15, 0.2) is 0 Å². The Balaban J connectivity index is 1.83. The summed E-state index contributed by atoms with van der Waals surface area (Å²) in [5, 5.41) is 23.8. The van der Waals surface area contributed by atoms with Crippen molar-refractivity contribution in [2.45, 2.75) is 50.5 Å². The number of hydrogen-bond donors (Lipinski definition) is 2. The average Bonchev–Trinajstić information content (AvgIpc) is 3.54. The molecule has 2 unspecified atom stereocenters. The molecule has 0 saturated heterocycles. The smallest absolute Gasteiger partial charge is 0.338 e. The Morgan fingerprint density at radius 3 is 2.24 bits per heavy atom. The number of halogens is 4. The zero-order valence-corrected chi connectivity index (χ0v) is 20.2. The highest BCUT2D eigenvalue weighted by molar-refractivity contribution is 9.10. The number of nitrogens with zero attached hydrogens (tertiary/aromatic N) is 2. The number of nitrogens with one attached hydrogen (secondary N) is 2. The van der Waals surface area contributed by atoms with Crippen LogP contribution in [0.3, 0.4) is 0 Å². The van der Waals surface area contributed by atoms with E-state index in [1.54, 1.807) is 24.3 Å². The third kappa shape index (κ3) is 5.78. The molecule has 4 atom stereocenters. The molecule has 0 spiro atoms. The fourth-order valence-corrected chi connectivity index (χ4v) is 4.48. The van der Waals surface area contributed by atoms with Gasteiger partial charge in [-0.25, -0.2) is 0 Å². The number of amides is 1. The second-order valence-electron chi connectivity index (χ2n) is 8.86. The van der Waals surface area contributed by atoms with Crippen LogP contribution in [0.2, 0.25) is 0 Å². The molecule has 34 heavy (non-hydrogen) atoms. The van der Waals surface area contributed by atoms with E-state index in [1.807, 2.05) is 26.0 Å². The van der Waals surface area contributed by atoms with Crippen molar-refractivity contribution in [1.29, 1.82) is 10.5 Å². The summed E-state index contributed by atoms with van der Waals surface area (Å²) in [6.07, 6.45) is -4.21. The fraction of sp³-hybridized carbons (Fsp3) is 0.400. The van der Waals surface area contributed by atoms with Crippen LogP contribution in [0.1, 0.15) is 43.0 Å². The lowest BCUT2D eigenvalue weighted by molar-refractivity contribution is -0.162. The van der Waals surface area contributed by atoms with Crippen molar-refractivity contribution in [3.63, 3.8) is 0 Å². The van der Waals surface area contributed by atoms with Crippen LogP contribution in [0.25, 0.3) is 0 Å². The minimum absolute atomic E-state index is 0.00620. The number of carbonyl (C=O) groups excluding carboxylic acids is 1. The van der Waals surface area contributed by atoms with E-state index in [4.69, 9.17) is 5.26 Å². The summed E-state index contributed by atoms with van der Waals surface area (Å²) in [6.45, 7) is 3.73. The number of hydrogen-bond acceptors (Lipinski definition) is 4. The van der Waals surface area contributed by atoms with Gasteiger partial charge in [0, 0.05) is 10.9 Å². The van der Waals surface area contributed by atoms with Crippen molar-refractivity contribution in [3.05, 3.63) is 69.7 Å². The SMILES string of the molecule is CC(C)C1CC1(N[C@@H](c1ccc(Br)cc1)C(F)(F)F)C(=O)N[C@H](C#N)Cc1ccc(C#N)cc1. The van der Waals surface area contributed by atoms with Crippen molar-refractivity contribution in [3.8, 4) is 12.1 Å². The molecule has 1 amide bonds. The topological polar surface area (TPSA) is 88.7 Å². The number of alkyl halides is 3. The summed E-state index contributed by atoms with van der Waals surface area (Å²) in [4.78, 5) is 13.3. The van der Waals surface area contributed by atoms with Crippen LogP contribution in [-0.2, 0) is 11.2 Å². The van der Waals surface area contributed by atoms with Crippen LogP contribution in [0.4, 0.5) is 13.2 Å². The van der Waals surface area contributed by atoms with Crippen molar-refractivity contribution in [2.24, 2.45) is 11.8 Å². The van der Waals surface area contributed by atoms with Crippen LogP contribution < -0.4 is 10.6 Å². The standard InChI is InChI=1S/C25H24BrF3N4O/c1-15(2)21-12-24(21,33-22(25(27,28)29)18-7-9-19(26)10-8-18)23(34)32-20(14-31)11-16-3-5-17(13-30)6-4-16/h3-10,15,20-22,33H,11-12H2,1-2H3,(H,32,34)/t20-,21?,22-,24?/m0/s1. The van der Waals surface area contributed by atoms with E-state index in [-0.39, 0.29) is 30.2 Å². The maximum Gasteiger partial charge on any atom is 0.407 e. The summed E-state index contributed by atoms with van der Waals surface area (Å²) in [6, 6.07) is 13.5. The molecule has 0 bridgehead atoms. The van der Waals surface area contributed by atoms with E-state index < -0.39 is 29.7 Å². The third-order valence-electron chi connectivity index (χ3n) is 6.14. The molecule has 1 saturated carbocycles. The fourth-order valence-electron chi connectivity index (χ4n) is 4.22. The molecule has 0 aliphatic heterocycles. The lowest BCUT2D eigenvalue weighted by atomic mass is 9.98. The molecule has 1 aliphatic rings. The first kappa shape index (κ1) is 25.7. The van der Waals surface area contributed by atoms with Gasteiger partial charge in [-0.05, 0) is 53.6 Å². The highest BCUT2D eigenvalue weighted by atomic mass is 79.9. The minimum Gasteiger partial charge on any atom is -0.338 e. The summed E-state index contributed by atoms with van der Waals surface area (Å²) in [7, 11) is 0. The summed E-state index contributed by atoms with van der Waals surface area (Å²) in [5.41, 5.74) is -0.228. The Morgan fingerprint density at radius 2 is 1.76 bits per heavy atom. The van der Waals surface area contributed by atoms with E-state index in [0.29, 0.717) is 10.0 Å². The second kappa shape index (κ2) is 10.2.